The van der Waals surface area contributed by atoms with Gasteiger partial charge in [0.05, 0.1) is 0 Å². The molecular weight excluding hydrogens is 272 g/mol. The Bertz CT molecular complexity index is 458. The molecule has 0 bridgehead atoms. The molecule has 1 aromatic carbocycles. The van der Waals surface area contributed by atoms with Crippen molar-refractivity contribution < 1.29 is 4.79 Å². The molecule has 1 atom stereocenters. The van der Waals surface area contributed by atoms with E-state index < -0.39 is 0 Å². The van der Waals surface area contributed by atoms with Crippen LogP contribution in [0.3, 0.4) is 0 Å². The number of nitrogens with one attached hydrogen (secondary N) is 2. The topological polar surface area (TPSA) is 41.1 Å². The number of piperidine rings is 1. The lowest BCUT2D eigenvalue weighted by Gasteiger charge is -2.32. The summed E-state index contributed by atoms with van der Waals surface area (Å²) < 4.78 is 0. The molecule has 0 saturated carbocycles. The van der Waals surface area contributed by atoms with Gasteiger partial charge < -0.3 is 10.6 Å². The molecule has 3 heteroatoms. The van der Waals surface area contributed by atoms with Crippen LogP contribution in [0.5, 0.6) is 0 Å². The minimum absolute atomic E-state index is 0.0552. The molecule has 1 aliphatic heterocycles. The van der Waals surface area contributed by atoms with Crippen molar-refractivity contribution in [2.75, 3.05) is 13.1 Å². The Morgan fingerprint density at radius 3 is 2.45 bits per heavy atom. The van der Waals surface area contributed by atoms with E-state index in [9.17, 15) is 4.79 Å². The maximum absolute atomic E-state index is 12.4. The highest BCUT2D eigenvalue weighted by Crippen LogP contribution is 2.23. The standard InChI is InChI=1S/C19H30N2O/c1-19(2,3)17(13-15-7-5-4-6-8-15)21-18(22)14-16-9-11-20-12-10-16/h4-8,16-17,20H,9-14H2,1-3H3,(H,21,22)/t17-/m0/s1. The molecule has 3 nitrogen and oxygen atoms in total. The van der Waals surface area contributed by atoms with Crippen LogP contribution < -0.4 is 10.6 Å². The van der Waals surface area contributed by atoms with Crippen molar-refractivity contribution >= 4 is 5.91 Å². The fraction of sp³-hybridized carbons (Fsp3) is 0.632. The van der Waals surface area contributed by atoms with E-state index in [2.05, 4.69) is 55.7 Å². The van der Waals surface area contributed by atoms with Crippen molar-refractivity contribution in [2.24, 2.45) is 11.3 Å². The first-order valence-electron chi connectivity index (χ1n) is 8.49. The van der Waals surface area contributed by atoms with Crippen LogP contribution in [-0.4, -0.2) is 25.0 Å². The first-order valence-corrected chi connectivity index (χ1v) is 8.49. The maximum Gasteiger partial charge on any atom is 0.220 e. The maximum atomic E-state index is 12.4. The highest BCUT2D eigenvalue weighted by Gasteiger charge is 2.27. The zero-order valence-corrected chi connectivity index (χ0v) is 14.2. The van der Waals surface area contributed by atoms with Crippen LogP contribution in [0.2, 0.25) is 0 Å². The summed E-state index contributed by atoms with van der Waals surface area (Å²) in [7, 11) is 0. The van der Waals surface area contributed by atoms with E-state index >= 15 is 0 Å². The van der Waals surface area contributed by atoms with Crippen molar-refractivity contribution in [1.82, 2.24) is 10.6 Å². The van der Waals surface area contributed by atoms with E-state index in [-0.39, 0.29) is 17.4 Å². The Hall–Kier alpha value is -1.35. The van der Waals surface area contributed by atoms with Gasteiger partial charge >= 0.3 is 0 Å². The monoisotopic (exact) mass is 302 g/mol. The molecule has 2 rings (SSSR count). The molecule has 0 aromatic heterocycles. The molecule has 0 radical (unpaired) electrons. The van der Waals surface area contributed by atoms with Gasteiger partial charge in [-0.1, -0.05) is 51.1 Å². The van der Waals surface area contributed by atoms with Gasteiger partial charge in [-0.2, -0.15) is 0 Å². The van der Waals surface area contributed by atoms with Crippen LogP contribution >= 0.6 is 0 Å². The van der Waals surface area contributed by atoms with Crippen LogP contribution in [0.1, 0.15) is 45.6 Å². The minimum Gasteiger partial charge on any atom is -0.353 e. The first kappa shape index (κ1) is 17.0. The fourth-order valence-corrected chi connectivity index (χ4v) is 3.02. The van der Waals surface area contributed by atoms with Crippen LogP contribution in [0.15, 0.2) is 30.3 Å². The van der Waals surface area contributed by atoms with Gasteiger partial charge in [0.15, 0.2) is 0 Å². The Kier molecular flexibility index (Phi) is 6.01. The van der Waals surface area contributed by atoms with Crippen LogP contribution in [0, 0.1) is 11.3 Å². The normalized spacial score (nSPS) is 18.0. The highest BCUT2D eigenvalue weighted by molar-refractivity contribution is 5.76. The smallest absolute Gasteiger partial charge is 0.220 e. The molecule has 1 aliphatic rings. The largest absolute Gasteiger partial charge is 0.353 e. The minimum atomic E-state index is 0.0552. The Labute approximate surface area is 134 Å². The number of carbonyl (C=O) groups is 1. The van der Waals surface area contributed by atoms with Gasteiger partial charge in [-0.15, -0.1) is 0 Å². The third-order valence-electron chi connectivity index (χ3n) is 4.60. The van der Waals surface area contributed by atoms with E-state index in [4.69, 9.17) is 0 Å². The van der Waals surface area contributed by atoms with Gasteiger partial charge in [0.1, 0.15) is 0 Å². The fourth-order valence-electron chi connectivity index (χ4n) is 3.02. The summed E-state index contributed by atoms with van der Waals surface area (Å²) in [6.45, 7) is 8.69. The molecule has 1 saturated heterocycles. The average Bonchev–Trinajstić information content (AvgIpc) is 2.48. The van der Waals surface area contributed by atoms with E-state index in [0.717, 1.165) is 32.4 Å². The summed E-state index contributed by atoms with van der Waals surface area (Å²) in [6, 6.07) is 10.6. The molecule has 0 unspecified atom stereocenters. The summed E-state index contributed by atoms with van der Waals surface area (Å²) in [5.41, 5.74) is 1.34. The summed E-state index contributed by atoms with van der Waals surface area (Å²) >= 11 is 0. The van der Waals surface area contributed by atoms with E-state index in [0.29, 0.717) is 12.3 Å². The number of amides is 1. The lowest BCUT2D eigenvalue weighted by molar-refractivity contribution is -0.123. The van der Waals surface area contributed by atoms with Gasteiger partial charge in [0.2, 0.25) is 5.91 Å². The van der Waals surface area contributed by atoms with Crippen molar-refractivity contribution in [1.29, 1.82) is 0 Å². The molecule has 1 aromatic rings. The highest BCUT2D eigenvalue weighted by atomic mass is 16.1. The number of rotatable bonds is 5. The predicted molar refractivity (Wildman–Crippen MR) is 91.7 cm³/mol. The number of hydrogen-bond acceptors (Lipinski definition) is 2. The Morgan fingerprint density at radius 2 is 1.86 bits per heavy atom. The van der Waals surface area contributed by atoms with Crippen molar-refractivity contribution in [3.8, 4) is 0 Å². The SMILES string of the molecule is CC(C)(C)[C@H](Cc1ccccc1)NC(=O)CC1CCNCC1. The van der Waals surface area contributed by atoms with E-state index in [1.807, 2.05) is 6.07 Å². The van der Waals surface area contributed by atoms with Gasteiger partial charge in [-0.3, -0.25) is 4.79 Å². The van der Waals surface area contributed by atoms with Gasteiger partial charge in [0.25, 0.3) is 0 Å². The second-order valence-corrected chi connectivity index (χ2v) is 7.57. The van der Waals surface area contributed by atoms with E-state index in [1.165, 1.54) is 5.56 Å². The number of carbonyl (C=O) groups excluding carboxylic acids is 1. The van der Waals surface area contributed by atoms with Crippen molar-refractivity contribution in [3.63, 3.8) is 0 Å². The molecule has 0 aliphatic carbocycles. The van der Waals surface area contributed by atoms with Crippen LogP contribution in [-0.2, 0) is 11.2 Å². The molecular formula is C19H30N2O. The summed E-state index contributed by atoms with van der Waals surface area (Å²) in [6.07, 6.45) is 3.80. The molecule has 22 heavy (non-hydrogen) atoms. The second kappa shape index (κ2) is 7.77. The molecule has 1 fully saturated rings. The summed E-state index contributed by atoms with van der Waals surface area (Å²) in [5.74, 6) is 0.751. The quantitative estimate of drug-likeness (QED) is 0.877. The van der Waals surface area contributed by atoms with Crippen LogP contribution in [0.25, 0.3) is 0 Å². The summed E-state index contributed by atoms with van der Waals surface area (Å²) in [5, 5.41) is 6.65. The van der Waals surface area contributed by atoms with Crippen molar-refractivity contribution in [2.45, 2.75) is 52.5 Å². The number of hydrogen-bond donors (Lipinski definition) is 2. The number of benzene rings is 1. The third-order valence-corrected chi connectivity index (χ3v) is 4.60. The van der Waals surface area contributed by atoms with Crippen molar-refractivity contribution in [3.05, 3.63) is 35.9 Å². The lowest BCUT2D eigenvalue weighted by Crippen LogP contribution is -2.46. The average molecular weight is 302 g/mol. The summed E-state index contributed by atoms with van der Waals surface area (Å²) in [4.78, 5) is 12.4. The van der Waals surface area contributed by atoms with Gasteiger partial charge in [0, 0.05) is 12.5 Å². The molecule has 2 N–H and O–H groups in total. The Balaban J connectivity index is 1.93. The molecule has 1 amide bonds. The Morgan fingerprint density at radius 1 is 1.23 bits per heavy atom. The molecule has 122 valence electrons. The third kappa shape index (κ3) is 5.45. The zero-order chi connectivity index (χ0) is 16.0. The van der Waals surface area contributed by atoms with Gasteiger partial charge in [-0.05, 0) is 49.2 Å². The first-order chi connectivity index (χ1) is 10.4. The molecule has 1 heterocycles. The molecule has 0 spiro atoms. The zero-order valence-electron chi connectivity index (χ0n) is 14.2. The van der Waals surface area contributed by atoms with Gasteiger partial charge in [-0.25, -0.2) is 0 Å². The van der Waals surface area contributed by atoms with Crippen LogP contribution in [0.4, 0.5) is 0 Å². The lowest BCUT2D eigenvalue weighted by atomic mass is 9.82. The van der Waals surface area contributed by atoms with E-state index in [1.54, 1.807) is 0 Å². The predicted octanol–water partition coefficient (Wildman–Crippen LogP) is 3.15. The second-order valence-electron chi connectivity index (χ2n) is 7.57.